The van der Waals surface area contributed by atoms with Gasteiger partial charge in [-0.1, -0.05) is 25.5 Å². The van der Waals surface area contributed by atoms with E-state index in [4.69, 9.17) is 0 Å². The molecule has 2 saturated heterocycles. The van der Waals surface area contributed by atoms with E-state index < -0.39 is 0 Å². The molecule has 0 spiro atoms. The number of anilines is 1. The van der Waals surface area contributed by atoms with Gasteiger partial charge < -0.3 is 20.4 Å². The third-order valence-electron chi connectivity index (χ3n) is 5.44. The first-order valence-corrected chi connectivity index (χ1v) is 10.3. The Morgan fingerprint density at radius 3 is 2.61 bits per heavy atom. The molecule has 7 heteroatoms. The molecule has 6 nitrogen and oxygen atoms in total. The van der Waals surface area contributed by atoms with Crippen LogP contribution in [0.25, 0.3) is 0 Å². The number of aryl methyl sites for hydroxylation is 1. The molecule has 3 rings (SSSR count). The van der Waals surface area contributed by atoms with Crippen LogP contribution in [0.5, 0.6) is 0 Å². The maximum Gasteiger partial charge on any atom is 0.227 e. The lowest BCUT2D eigenvalue weighted by Gasteiger charge is -2.27. The number of carbonyl (C=O) groups is 2. The Kier molecular flexibility index (Phi) is 9.22. The Bertz CT molecular complexity index is 632. The minimum absolute atomic E-state index is 0. The smallest absolute Gasteiger partial charge is 0.227 e. The standard InChI is InChI=1S/C21H32N4O2.ClH/c1-2-4-17-5-7-19(8-6-17)25-16-18(15-20(25)26)21(27)23-9-3-12-24-13-10-22-11-14-24;/h5-8,18,22H,2-4,9-16H2,1H3,(H,23,27);1H. The summed E-state index contributed by atoms with van der Waals surface area (Å²) in [4.78, 5) is 29.0. The maximum absolute atomic E-state index is 12.4. The lowest BCUT2D eigenvalue weighted by atomic mass is 10.1. The van der Waals surface area contributed by atoms with Crippen LogP contribution in [0.1, 0.15) is 31.7 Å². The molecule has 1 unspecified atom stereocenters. The van der Waals surface area contributed by atoms with Crippen LogP contribution in [-0.4, -0.2) is 62.5 Å². The lowest BCUT2D eigenvalue weighted by molar-refractivity contribution is -0.126. The molecule has 28 heavy (non-hydrogen) atoms. The summed E-state index contributed by atoms with van der Waals surface area (Å²) in [6.45, 7) is 8.59. The fourth-order valence-corrected chi connectivity index (χ4v) is 3.86. The zero-order valence-electron chi connectivity index (χ0n) is 16.8. The minimum Gasteiger partial charge on any atom is -0.356 e. The minimum atomic E-state index is -0.244. The van der Waals surface area contributed by atoms with Crippen molar-refractivity contribution in [2.75, 3.05) is 50.7 Å². The molecule has 0 radical (unpaired) electrons. The number of hydrogen-bond acceptors (Lipinski definition) is 4. The molecule has 2 N–H and O–H groups in total. The molecule has 1 aromatic rings. The van der Waals surface area contributed by atoms with Gasteiger partial charge in [0.1, 0.15) is 0 Å². The summed E-state index contributed by atoms with van der Waals surface area (Å²) in [6.07, 6.45) is 3.42. The summed E-state index contributed by atoms with van der Waals surface area (Å²) in [7, 11) is 0. The molecule has 1 aromatic carbocycles. The molecule has 2 fully saturated rings. The van der Waals surface area contributed by atoms with Gasteiger partial charge in [0.2, 0.25) is 11.8 Å². The number of rotatable bonds is 8. The maximum atomic E-state index is 12.4. The van der Waals surface area contributed by atoms with Crippen molar-refractivity contribution in [1.82, 2.24) is 15.5 Å². The van der Waals surface area contributed by atoms with Crippen molar-refractivity contribution in [2.24, 2.45) is 5.92 Å². The van der Waals surface area contributed by atoms with Crippen molar-refractivity contribution in [3.8, 4) is 0 Å². The van der Waals surface area contributed by atoms with Crippen molar-refractivity contribution in [2.45, 2.75) is 32.6 Å². The van der Waals surface area contributed by atoms with Crippen LogP contribution in [0.3, 0.4) is 0 Å². The van der Waals surface area contributed by atoms with Crippen molar-refractivity contribution in [1.29, 1.82) is 0 Å². The number of nitrogens with zero attached hydrogens (tertiary/aromatic N) is 2. The van der Waals surface area contributed by atoms with Crippen molar-refractivity contribution < 1.29 is 9.59 Å². The summed E-state index contributed by atoms with van der Waals surface area (Å²) in [5.74, 6) is -0.194. The first-order chi connectivity index (χ1) is 13.2. The predicted molar refractivity (Wildman–Crippen MR) is 115 cm³/mol. The molecule has 2 aliphatic heterocycles. The molecular formula is C21H33ClN4O2. The fourth-order valence-electron chi connectivity index (χ4n) is 3.86. The van der Waals surface area contributed by atoms with Gasteiger partial charge in [0.25, 0.3) is 0 Å². The Balaban J connectivity index is 0.00000280. The number of carbonyl (C=O) groups excluding carboxylic acids is 2. The highest BCUT2D eigenvalue weighted by Crippen LogP contribution is 2.25. The molecule has 2 aliphatic rings. The van der Waals surface area contributed by atoms with E-state index in [0.717, 1.165) is 57.7 Å². The average molecular weight is 409 g/mol. The molecule has 0 saturated carbocycles. The molecule has 0 aliphatic carbocycles. The third kappa shape index (κ3) is 6.19. The van der Waals surface area contributed by atoms with Gasteiger partial charge in [-0.05, 0) is 37.1 Å². The van der Waals surface area contributed by atoms with E-state index in [1.165, 1.54) is 5.56 Å². The molecule has 0 aromatic heterocycles. The number of halogens is 1. The molecule has 2 amide bonds. The van der Waals surface area contributed by atoms with Gasteiger partial charge >= 0.3 is 0 Å². The third-order valence-corrected chi connectivity index (χ3v) is 5.44. The van der Waals surface area contributed by atoms with Crippen LogP contribution in [-0.2, 0) is 16.0 Å². The van der Waals surface area contributed by atoms with Crippen molar-refractivity contribution in [3.63, 3.8) is 0 Å². The van der Waals surface area contributed by atoms with Crippen LogP contribution in [0.2, 0.25) is 0 Å². The van der Waals surface area contributed by atoms with Gasteiger partial charge in [0, 0.05) is 51.4 Å². The first kappa shape index (κ1) is 22.7. The lowest BCUT2D eigenvalue weighted by Crippen LogP contribution is -2.44. The molecule has 0 bridgehead atoms. The Labute approximate surface area is 174 Å². The quantitative estimate of drug-likeness (QED) is 0.644. The summed E-state index contributed by atoms with van der Waals surface area (Å²) in [5, 5.41) is 6.37. The fraction of sp³-hybridized carbons (Fsp3) is 0.619. The van der Waals surface area contributed by atoms with Crippen LogP contribution >= 0.6 is 12.4 Å². The van der Waals surface area contributed by atoms with Gasteiger partial charge in [-0.2, -0.15) is 0 Å². The zero-order chi connectivity index (χ0) is 19.1. The van der Waals surface area contributed by atoms with Gasteiger partial charge in [-0.25, -0.2) is 0 Å². The topological polar surface area (TPSA) is 64.7 Å². The van der Waals surface area contributed by atoms with E-state index in [0.29, 0.717) is 19.5 Å². The van der Waals surface area contributed by atoms with Gasteiger partial charge in [-0.3, -0.25) is 9.59 Å². The summed E-state index contributed by atoms with van der Waals surface area (Å²) < 4.78 is 0. The van der Waals surface area contributed by atoms with Crippen LogP contribution in [0.4, 0.5) is 5.69 Å². The van der Waals surface area contributed by atoms with Crippen LogP contribution < -0.4 is 15.5 Å². The molecule has 2 heterocycles. The van der Waals surface area contributed by atoms with E-state index >= 15 is 0 Å². The second-order valence-electron chi connectivity index (χ2n) is 7.56. The Hall–Kier alpha value is -1.63. The SMILES string of the molecule is CCCc1ccc(N2CC(C(=O)NCCCN3CCNCC3)CC2=O)cc1.Cl. The van der Waals surface area contributed by atoms with Crippen molar-refractivity contribution in [3.05, 3.63) is 29.8 Å². The highest BCUT2D eigenvalue weighted by molar-refractivity contribution is 6.00. The second kappa shape index (κ2) is 11.4. The van der Waals surface area contributed by atoms with Gasteiger partial charge in [-0.15, -0.1) is 12.4 Å². The first-order valence-electron chi connectivity index (χ1n) is 10.3. The average Bonchev–Trinajstić information content (AvgIpc) is 3.09. The second-order valence-corrected chi connectivity index (χ2v) is 7.56. The number of benzene rings is 1. The van der Waals surface area contributed by atoms with Crippen LogP contribution in [0, 0.1) is 5.92 Å². The monoisotopic (exact) mass is 408 g/mol. The number of hydrogen-bond donors (Lipinski definition) is 2. The van der Waals surface area contributed by atoms with Gasteiger partial charge in [0.15, 0.2) is 0 Å². The highest BCUT2D eigenvalue weighted by Gasteiger charge is 2.34. The zero-order valence-corrected chi connectivity index (χ0v) is 17.6. The molecule has 156 valence electrons. The van der Waals surface area contributed by atoms with E-state index in [1.54, 1.807) is 4.90 Å². The summed E-state index contributed by atoms with van der Waals surface area (Å²) in [5.41, 5.74) is 2.18. The Morgan fingerprint density at radius 2 is 1.93 bits per heavy atom. The van der Waals surface area contributed by atoms with Crippen LogP contribution in [0.15, 0.2) is 24.3 Å². The van der Waals surface area contributed by atoms with Gasteiger partial charge in [0.05, 0.1) is 5.92 Å². The number of amides is 2. The summed E-state index contributed by atoms with van der Waals surface area (Å²) in [6, 6.07) is 8.15. The summed E-state index contributed by atoms with van der Waals surface area (Å²) >= 11 is 0. The van der Waals surface area contributed by atoms with E-state index in [2.05, 4.69) is 34.6 Å². The Morgan fingerprint density at radius 1 is 1.21 bits per heavy atom. The van der Waals surface area contributed by atoms with Crippen molar-refractivity contribution >= 4 is 29.9 Å². The largest absolute Gasteiger partial charge is 0.356 e. The number of nitrogens with one attached hydrogen (secondary N) is 2. The molecular weight excluding hydrogens is 376 g/mol. The number of piperazine rings is 1. The van der Waals surface area contributed by atoms with E-state index in [-0.39, 0.29) is 30.1 Å². The van der Waals surface area contributed by atoms with E-state index in [9.17, 15) is 9.59 Å². The van der Waals surface area contributed by atoms with E-state index in [1.807, 2.05) is 12.1 Å². The molecule has 1 atom stereocenters. The highest BCUT2D eigenvalue weighted by atomic mass is 35.5. The predicted octanol–water partition coefficient (Wildman–Crippen LogP) is 1.83. The normalized spacial score (nSPS) is 20.1.